The van der Waals surface area contributed by atoms with E-state index in [1.807, 2.05) is 0 Å². The van der Waals surface area contributed by atoms with Crippen LogP contribution < -0.4 is 0 Å². The second kappa shape index (κ2) is 6.16. The molecule has 4 nitrogen and oxygen atoms in total. The molecule has 1 rings (SSSR count). The Morgan fingerprint density at radius 1 is 1.24 bits per heavy atom. The fraction of sp³-hybridized carbons (Fsp3) is 1.00. The van der Waals surface area contributed by atoms with Crippen molar-refractivity contribution in [3.05, 3.63) is 0 Å². The van der Waals surface area contributed by atoms with Crippen LogP contribution in [-0.2, 0) is 10.0 Å². The van der Waals surface area contributed by atoms with Crippen LogP contribution in [0.25, 0.3) is 0 Å². The lowest BCUT2D eigenvalue weighted by molar-refractivity contribution is 0.169. The number of hydrogen-bond acceptors (Lipinski definition) is 3. The molecule has 0 unspecified atom stereocenters. The van der Waals surface area contributed by atoms with Gasteiger partial charge >= 0.3 is 0 Å². The van der Waals surface area contributed by atoms with Crippen LogP contribution in [0, 0.1) is 5.41 Å². The molecule has 0 bridgehead atoms. The van der Waals surface area contributed by atoms with Crippen LogP contribution in [0.4, 0.5) is 0 Å². The molecule has 5 heteroatoms. The lowest BCUT2D eigenvalue weighted by Crippen LogP contribution is -2.42. The fourth-order valence-corrected chi connectivity index (χ4v) is 3.75. The van der Waals surface area contributed by atoms with E-state index in [0.29, 0.717) is 31.3 Å². The van der Waals surface area contributed by atoms with Gasteiger partial charge in [0.05, 0.1) is 5.75 Å². The molecule has 1 fully saturated rings. The van der Waals surface area contributed by atoms with Crippen LogP contribution in [0.15, 0.2) is 0 Å². The number of nitrogens with zero attached hydrogens (tertiary/aromatic N) is 1. The van der Waals surface area contributed by atoms with E-state index in [2.05, 4.69) is 13.8 Å². The molecule has 17 heavy (non-hydrogen) atoms. The van der Waals surface area contributed by atoms with Gasteiger partial charge in [0.1, 0.15) is 0 Å². The van der Waals surface area contributed by atoms with E-state index in [1.54, 1.807) is 4.31 Å². The van der Waals surface area contributed by atoms with Gasteiger partial charge in [0.2, 0.25) is 10.0 Å². The van der Waals surface area contributed by atoms with Gasteiger partial charge in [-0.15, -0.1) is 0 Å². The van der Waals surface area contributed by atoms with Crippen LogP contribution in [-0.4, -0.2) is 43.3 Å². The van der Waals surface area contributed by atoms with Crippen LogP contribution in [0.1, 0.15) is 46.0 Å². The Morgan fingerprint density at radius 3 is 2.29 bits per heavy atom. The summed E-state index contributed by atoms with van der Waals surface area (Å²) in [6.07, 6.45) is 4.16. The van der Waals surface area contributed by atoms with Gasteiger partial charge in [0, 0.05) is 19.7 Å². The number of unbranched alkanes of at least 4 members (excludes halogenated alkanes) is 1. The van der Waals surface area contributed by atoms with Crippen LogP contribution in [0.2, 0.25) is 0 Å². The Balaban J connectivity index is 2.47. The lowest BCUT2D eigenvalue weighted by Gasteiger charge is -2.38. The summed E-state index contributed by atoms with van der Waals surface area (Å²) >= 11 is 0. The van der Waals surface area contributed by atoms with Crippen molar-refractivity contribution in [1.29, 1.82) is 0 Å². The van der Waals surface area contributed by atoms with E-state index in [0.717, 1.165) is 19.3 Å². The summed E-state index contributed by atoms with van der Waals surface area (Å²) in [6, 6.07) is 0. The standard InChI is InChI=1S/C12H25NO3S/c1-3-12(2)6-8-13(9-7-12)17(15,16)11-5-4-10-14/h14H,3-11H2,1-2H3. The Kier molecular flexibility index (Phi) is 5.41. The van der Waals surface area contributed by atoms with Crippen LogP contribution >= 0.6 is 0 Å². The van der Waals surface area contributed by atoms with Crippen molar-refractivity contribution >= 4 is 10.0 Å². The second-order valence-electron chi connectivity index (χ2n) is 5.31. The molecule has 0 aliphatic carbocycles. The summed E-state index contributed by atoms with van der Waals surface area (Å²) in [5, 5.41) is 8.67. The zero-order valence-corrected chi connectivity index (χ0v) is 11.8. The number of hydrogen-bond donors (Lipinski definition) is 1. The average molecular weight is 263 g/mol. The highest BCUT2D eigenvalue weighted by molar-refractivity contribution is 7.89. The monoisotopic (exact) mass is 263 g/mol. The maximum atomic E-state index is 12.0. The molecule has 0 saturated carbocycles. The number of aliphatic hydroxyl groups is 1. The third-order valence-electron chi connectivity index (χ3n) is 3.99. The average Bonchev–Trinajstić information content (AvgIpc) is 2.30. The topological polar surface area (TPSA) is 57.6 Å². The molecule has 0 amide bonds. The van der Waals surface area contributed by atoms with Crippen molar-refractivity contribution in [3.63, 3.8) is 0 Å². The molecule has 1 heterocycles. The van der Waals surface area contributed by atoms with Crippen molar-refractivity contribution in [3.8, 4) is 0 Å². The predicted molar refractivity (Wildman–Crippen MR) is 69.3 cm³/mol. The summed E-state index contributed by atoms with van der Waals surface area (Å²) in [7, 11) is -3.09. The molecule has 1 saturated heterocycles. The van der Waals surface area contributed by atoms with E-state index < -0.39 is 10.0 Å². The minimum absolute atomic E-state index is 0.0728. The number of rotatable bonds is 6. The Labute approximate surface area is 105 Å². The molecule has 1 N–H and O–H groups in total. The molecule has 0 aromatic heterocycles. The first-order valence-electron chi connectivity index (χ1n) is 6.52. The van der Waals surface area contributed by atoms with Crippen molar-refractivity contribution in [2.24, 2.45) is 5.41 Å². The number of aliphatic hydroxyl groups excluding tert-OH is 1. The van der Waals surface area contributed by atoms with Gasteiger partial charge in [-0.05, 0) is 31.1 Å². The quantitative estimate of drug-likeness (QED) is 0.741. The lowest BCUT2D eigenvalue weighted by atomic mass is 9.79. The van der Waals surface area contributed by atoms with Crippen molar-refractivity contribution in [1.82, 2.24) is 4.31 Å². The van der Waals surface area contributed by atoms with Crippen LogP contribution in [0.5, 0.6) is 0 Å². The van der Waals surface area contributed by atoms with Gasteiger partial charge in [0.25, 0.3) is 0 Å². The third-order valence-corrected chi connectivity index (χ3v) is 5.94. The minimum atomic E-state index is -3.09. The Hall–Kier alpha value is -0.130. The van der Waals surface area contributed by atoms with E-state index >= 15 is 0 Å². The maximum absolute atomic E-state index is 12.0. The van der Waals surface area contributed by atoms with Gasteiger partial charge in [-0.25, -0.2) is 12.7 Å². The van der Waals surface area contributed by atoms with Gasteiger partial charge < -0.3 is 5.11 Å². The minimum Gasteiger partial charge on any atom is -0.396 e. The third kappa shape index (κ3) is 4.23. The molecule has 0 aromatic rings. The molecule has 102 valence electrons. The smallest absolute Gasteiger partial charge is 0.214 e. The van der Waals surface area contributed by atoms with E-state index in [1.165, 1.54) is 0 Å². The number of piperidine rings is 1. The molecule has 1 aliphatic heterocycles. The summed E-state index contributed by atoms with van der Waals surface area (Å²) in [4.78, 5) is 0. The highest BCUT2D eigenvalue weighted by atomic mass is 32.2. The maximum Gasteiger partial charge on any atom is 0.214 e. The zero-order chi connectivity index (χ0) is 12.9. The van der Waals surface area contributed by atoms with Gasteiger partial charge in [-0.3, -0.25) is 0 Å². The molecule has 0 atom stereocenters. The van der Waals surface area contributed by atoms with Crippen molar-refractivity contribution < 1.29 is 13.5 Å². The van der Waals surface area contributed by atoms with Crippen molar-refractivity contribution in [2.45, 2.75) is 46.0 Å². The normalized spacial score (nSPS) is 21.6. The second-order valence-corrected chi connectivity index (χ2v) is 7.40. The van der Waals surface area contributed by atoms with E-state index in [-0.39, 0.29) is 12.4 Å². The first kappa shape index (κ1) is 14.9. The van der Waals surface area contributed by atoms with Gasteiger partial charge in [0.15, 0.2) is 0 Å². The number of sulfonamides is 1. The Bertz CT molecular complexity index is 319. The Morgan fingerprint density at radius 2 is 1.82 bits per heavy atom. The highest BCUT2D eigenvalue weighted by Crippen LogP contribution is 2.34. The molecule has 0 spiro atoms. The van der Waals surface area contributed by atoms with E-state index in [9.17, 15) is 8.42 Å². The fourth-order valence-electron chi connectivity index (χ4n) is 2.18. The van der Waals surface area contributed by atoms with E-state index in [4.69, 9.17) is 5.11 Å². The summed E-state index contributed by atoms with van der Waals surface area (Å²) < 4.78 is 25.6. The first-order valence-corrected chi connectivity index (χ1v) is 8.13. The zero-order valence-electron chi connectivity index (χ0n) is 11.0. The van der Waals surface area contributed by atoms with Crippen LogP contribution in [0.3, 0.4) is 0 Å². The largest absolute Gasteiger partial charge is 0.396 e. The molecule has 0 aromatic carbocycles. The van der Waals surface area contributed by atoms with Gasteiger partial charge in [-0.1, -0.05) is 20.3 Å². The predicted octanol–water partition coefficient (Wildman–Crippen LogP) is 1.60. The summed E-state index contributed by atoms with van der Waals surface area (Å²) in [5.74, 6) is 0.177. The SMILES string of the molecule is CCC1(C)CCN(S(=O)(=O)CCCCO)CC1. The molecular weight excluding hydrogens is 238 g/mol. The first-order chi connectivity index (χ1) is 7.93. The summed E-state index contributed by atoms with van der Waals surface area (Å²) in [6.45, 7) is 5.80. The molecule has 0 radical (unpaired) electrons. The summed E-state index contributed by atoms with van der Waals surface area (Å²) in [5.41, 5.74) is 0.317. The highest BCUT2D eigenvalue weighted by Gasteiger charge is 2.33. The van der Waals surface area contributed by atoms with Gasteiger partial charge in [-0.2, -0.15) is 0 Å². The molecule has 1 aliphatic rings. The van der Waals surface area contributed by atoms with Crippen molar-refractivity contribution in [2.75, 3.05) is 25.4 Å². The molecular formula is C12H25NO3S.